The van der Waals surface area contributed by atoms with Crippen LogP contribution in [0.2, 0.25) is 0 Å². The zero-order valence-electron chi connectivity index (χ0n) is 66.0. The number of carbonyl (C=O) groups excluding carboxylic acids is 6. The third kappa shape index (κ3) is 83.6. The van der Waals surface area contributed by atoms with Gasteiger partial charge in [0.15, 0.2) is 0 Å². The molecule has 2 amide bonds. The first-order valence-electron chi connectivity index (χ1n) is 40.6. The number of hydrogen-bond acceptors (Lipinski definition) is 15. The van der Waals surface area contributed by atoms with E-state index in [1.165, 1.54) is 218 Å². The van der Waals surface area contributed by atoms with Crippen molar-refractivity contribution in [3.8, 4) is 0 Å². The van der Waals surface area contributed by atoms with Crippen LogP contribution in [0.4, 0.5) is 0 Å². The fourth-order valence-electron chi connectivity index (χ4n) is 11.3. The van der Waals surface area contributed by atoms with Gasteiger partial charge in [-0.3, -0.25) is 28.8 Å². The predicted molar refractivity (Wildman–Crippen MR) is 424 cm³/mol. The van der Waals surface area contributed by atoms with Crippen molar-refractivity contribution in [1.29, 1.82) is 0 Å². The Hall–Kier alpha value is -1.68. The molecule has 0 radical (unpaired) electrons. The van der Waals surface area contributed by atoms with E-state index in [9.17, 15) is 33.9 Å². The number of ether oxygens (including phenoxy) is 4. The van der Waals surface area contributed by atoms with Gasteiger partial charge in [-0.05, 0) is 39.8 Å². The van der Waals surface area contributed by atoms with Crippen molar-refractivity contribution in [1.82, 2.24) is 14.7 Å². The molecule has 100 heavy (non-hydrogen) atoms. The summed E-state index contributed by atoms with van der Waals surface area (Å²) in [6, 6.07) is 0. The van der Waals surface area contributed by atoms with Gasteiger partial charge in [0.1, 0.15) is 33.0 Å². The summed E-state index contributed by atoms with van der Waals surface area (Å²) in [5.74, 6) is 1.50. The normalized spacial score (nSPS) is 11.1. The lowest BCUT2D eigenvalue weighted by molar-refractivity contribution is -0.888. The molecule has 0 aliphatic carbocycles. The molecule has 0 bridgehead atoms. The summed E-state index contributed by atoms with van der Waals surface area (Å²) in [5, 5.41) is 17.8. The number of quaternary nitrogens is 1. The lowest BCUT2D eigenvalue weighted by atomic mass is 10.1. The molecular formula is C80H158Br2N4O12S2. The van der Waals surface area contributed by atoms with Crippen molar-refractivity contribution >= 4 is 75.1 Å². The summed E-state index contributed by atoms with van der Waals surface area (Å²) in [6.45, 7) is 13.7. The Morgan fingerprint density at radius 3 is 0.770 bits per heavy atom. The zero-order chi connectivity index (χ0) is 73.6. The SMILES string of the molecule is CCCCCCCCCCCCCC(=O)OCCN(CCOC(=O)CCCCCCCCCCCCC)C(=O)CSCCN(C)C.CCCCCCCCCCCCCC(=O)OCCN(CCOC(=O)CCCCCCCCCCCCC)C(=O)CSCC[N+](C)(C)CCO.OCCBr.[Br-]. The quantitative estimate of drug-likeness (QED) is 0.0192. The van der Waals surface area contributed by atoms with Crippen LogP contribution >= 0.6 is 39.5 Å². The number of esters is 4. The Bertz CT molecular complexity index is 1690. The molecule has 0 aliphatic heterocycles. The van der Waals surface area contributed by atoms with Crippen molar-refractivity contribution < 1.29 is 79.4 Å². The van der Waals surface area contributed by atoms with Crippen LogP contribution in [-0.2, 0) is 47.7 Å². The van der Waals surface area contributed by atoms with Gasteiger partial charge in [0.2, 0.25) is 11.8 Å². The minimum Gasteiger partial charge on any atom is -1.00 e. The molecule has 0 aromatic heterocycles. The molecule has 0 saturated heterocycles. The standard InChI is InChI=1S/C40H79N2O6S.C38H74N2O5S.C2H5BrO.BrH/c1-5-7-9-11-13-15-17-19-21-23-25-27-39(45)47-34-29-41(38(44)37-49-36-32-42(3,4)31-33-43)30-35-48-40(46)28-26-24-22-20-18-16-14-12-10-8-6-2;1-5-7-9-11-13-15-17-19-21-23-25-27-37(42)44-32-29-40(36(41)35-46-34-31-39(3)4)30-33-45-38(43)28-26-24-22-20-18-16-14-12-10-8-6-2;3-1-2-4;/h43H,5-37H2,1-4H3;5-35H2,1-4H3;4H,1-2H2;1H/q+1;;;/p-1. The monoisotopic (exact) mass is 1590 g/mol. The summed E-state index contributed by atoms with van der Waals surface area (Å²) in [4.78, 5) is 80.7. The van der Waals surface area contributed by atoms with Crippen LogP contribution < -0.4 is 17.0 Å². The molecule has 0 rings (SSSR count). The molecule has 2 N–H and O–H groups in total. The highest BCUT2D eigenvalue weighted by Crippen LogP contribution is 2.18. The molecule has 0 spiro atoms. The molecule has 0 saturated carbocycles. The second-order valence-corrected chi connectivity index (χ2v) is 31.2. The van der Waals surface area contributed by atoms with Gasteiger partial charge in [-0.15, -0.1) is 11.8 Å². The van der Waals surface area contributed by atoms with E-state index in [2.05, 4.69) is 62.6 Å². The van der Waals surface area contributed by atoms with E-state index in [0.29, 0.717) is 79.7 Å². The number of likely N-dealkylation sites (N-methyl/N-ethyl adjacent to an activating group) is 1. The molecule has 20 heteroatoms. The van der Waals surface area contributed by atoms with Crippen molar-refractivity contribution in [3.63, 3.8) is 0 Å². The van der Waals surface area contributed by atoms with Gasteiger partial charge < -0.3 is 65.3 Å². The molecule has 596 valence electrons. The van der Waals surface area contributed by atoms with Gasteiger partial charge in [-0.25, -0.2) is 0 Å². The van der Waals surface area contributed by atoms with Gasteiger partial charge in [-0.2, -0.15) is 11.8 Å². The summed E-state index contributed by atoms with van der Waals surface area (Å²) < 4.78 is 22.6. The predicted octanol–water partition coefficient (Wildman–Crippen LogP) is 16.1. The van der Waals surface area contributed by atoms with E-state index in [0.717, 1.165) is 88.8 Å². The molecule has 0 aromatic rings. The third-order valence-electron chi connectivity index (χ3n) is 17.9. The largest absolute Gasteiger partial charge is 1.00 e. The van der Waals surface area contributed by atoms with Gasteiger partial charge >= 0.3 is 23.9 Å². The van der Waals surface area contributed by atoms with Crippen LogP contribution in [0.15, 0.2) is 0 Å². The molecule has 0 fully saturated rings. The van der Waals surface area contributed by atoms with Crippen molar-refractivity contribution in [2.75, 3.05) is 142 Å². The van der Waals surface area contributed by atoms with Crippen LogP contribution in [0.25, 0.3) is 0 Å². The van der Waals surface area contributed by atoms with Gasteiger partial charge in [-0.1, -0.05) is 300 Å². The minimum absolute atomic E-state index is 0. The minimum atomic E-state index is -0.208. The molecule has 0 aliphatic rings. The summed E-state index contributed by atoms with van der Waals surface area (Å²) in [5.41, 5.74) is 0. The Kier molecular flexibility index (Phi) is 88.5. The van der Waals surface area contributed by atoms with Crippen LogP contribution in [0.1, 0.15) is 336 Å². The van der Waals surface area contributed by atoms with E-state index < -0.39 is 0 Å². The maximum Gasteiger partial charge on any atom is 0.305 e. The average Bonchev–Trinajstić information content (AvgIpc) is 1.18. The van der Waals surface area contributed by atoms with Crippen LogP contribution in [-0.4, -0.2) is 207 Å². The first-order valence-corrected chi connectivity index (χ1v) is 44.1. The summed E-state index contributed by atoms with van der Waals surface area (Å²) in [6.07, 6.45) is 56.3. The first-order chi connectivity index (χ1) is 48.1. The number of unbranched alkanes of at least 4 members (excludes halogenated alkanes) is 40. The number of alkyl halides is 1. The molecule has 16 nitrogen and oxygen atoms in total. The highest BCUT2D eigenvalue weighted by atomic mass is 79.9. The van der Waals surface area contributed by atoms with E-state index >= 15 is 0 Å². The number of halogens is 2. The van der Waals surface area contributed by atoms with Crippen LogP contribution in [0.5, 0.6) is 0 Å². The van der Waals surface area contributed by atoms with E-state index in [4.69, 9.17) is 24.1 Å². The zero-order valence-corrected chi connectivity index (χ0v) is 70.8. The second kappa shape index (κ2) is 84.6. The summed E-state index contributed by atoms with van der Waals surface area (Å²) >= 11 is 6.16. The molecule has 0 atom stereocenters. The third-order valence-corrected chi connectivity index (χ3v) is 20.1. The fourth-order valence-corrected chi connectivity index (χ4v) is 13.4. The van der Waals surface area contributed by atoms with E-state index in [1.54, 1.807) is 33.3 Å². The van der Waals surface area contributed by atoms with Gasteiger partial charge in [0.05, 0.1) is 71.5 Å². The topological polar surface area (TPSA) is 190 Å². The van der Waals surface area contributed by atoms with Crippen LogP contribution in [0.3, 0.4) is 0 Å². The number of aliphatic hydroxyl groups excluding tert-OH is 2. The Morgan fingerprint density at radius 1 is 0.340 bits per heavy atom. The number of amides is 2. The van der Waals surface area contributed by atoms with Crippen molar-refractivity contribution in [3.05, 3.63) is 0 Å². The molecule has 0 unspecified atom stereocenters. The maximum absolute atomic E-state index is 13.1. The second-order valence-electron chi connectivity index (χ2n) is 28.2. The van der Waals surface area contributed by atoms with Crippen molar-refractivity contribution in [2.45, 2.75) is 336 Å². The van der Waals surface area contributed by atoms with Gasteiger partial charge in [0, 0.05) is 49.1 Å². The lowest BCUT2D eigenvalue weighted by Gasteiger charge is -2.28. The molecular weight excluding hydrogens is 1430 g/mol. The molecule has 0 aromatic carbocycles. The number of rotatable bonds is 73. The Morgan fingerprint density at radius 2 is 0.560 bits per heavy atom. The molecule has 0 heterocycles. The number of nitrogens with zero attached hydrogens (tertiary/aromatic N) is 4. The number of thioether (sulfide) groups is 2. The number of hydrogen-bond donors (Lipinski definition) is 2. The Labute approximate surface area is 642 Å². The van der Waals surface area contributed by atoms with E-state index in [-0.39, 0.29) is 92.3 Å². The van der Waals surface area contributed by atoms with E-state index in [1.807, 2.05) is 14.1 Å². The first kappa shape index (κ1) is 105. The number of carbonyl (C=O) groups is 6. The fraction of sp³-hybridized carbons (Fsp3) is 0.925. The van der Waals surface area contributed by atoms with Crippen LogP contribution in [0, 0.1) is 0 Å². The smallest absolute Gasteiger partial charge is 0.305 e. The highest BCUT2D eigenvalue weighted by Gasteiger charge is 2.20. The maximum atomic E-state index is 13.1. The average molecular weight is 1590 g/mol. The van der Waals surface area contributed by atoms with Crippen molar-refractivity contribution in [2.24, 2.45) is 0 Å². The van der Waals surface area contributed by atoms with Gasteiger partial charge in [0.25, 0.3) is 0 Å². The summed E-state index contributed by atoms with van der Waals surface area (Å²) in [7, 11) is 8.18. The lowest BCUT2D eigenvalue weighted by Crippen LogP contribution is -3.00. The number of aliphatic hydroxyl groups is 2. The highest BCUT2D eigenvalue weighted by molar-refractivity contribution is 9.09. The Balaban J connectivity index is -0.000000867.